The zero-order chi connectivity index (χ0) is 12.8. The van der Waals surface area contributed by atoms with E-state index in [2.05, 4.69) is 0 Å². The first-order valence-electron chi connectivity index (χ1n) is 5.64. The van der Waals surface area contributed by atoms with Crippen LogP contribution in [0.1, 0.15) is 22.5 Å². The Morgan fingerprint density at radius 1 is 1.22 bits per heavy atom. The lowest BCUT2D eigenvalue weighted by molar-refractivity contribution is 0.0989. The van der Waals surface area contributed by atoms with Crippen molar-refractivity contribution < 1.29 is 13.6 Å². The number of Topliss-reactive ketones (excluding diaryl/α,β-unsaturated/α-hetero) is 1. The third-order valence-electron chi connectivity index (χ3n) is 2.46. The van der Waals surface area contributed by atoms with Crippen molar-refractivity contribution in [1.82, 2.24) is 0 Å². The quantitative estimate of drug-likeness (QED) is 0.585. The van der Waals surface area contributed by atoms with Crippen LogP contribution in [0.25, 0.3) is 0 Å². The normalized spacial score (nSPS) is 10.5. The summed E-state index contributed by atoms with van der Waals surface area (Å²) in [7, 11) is 0. The van der Waals surface area contributed by atoms with Crippen LogP contribution in [0.4, 0.5) is 4.39 Å². The van der Waals surface area contributed by atoms with E-state index in [1.165, 1.54) is 24.3 Å². The maximum absolute atomic E-state index is 12.7. The van der Waals surface area contributed by atoms with Gasteiger partial charge in [0, 0.05) is 17.7 Å². The van der Waals surface area contributed by atoms with Gasteiger partial charge in [-0.05, 0) is 36.4 Å². The zero-order valence-corrected chi connectivity index (χ0v) is 10.6. The number of carbonyl (C=O) groups excluding carboxylic acids is 1. The minimum atomic E-state index is -0.321. The summed E-state index contributed by atoms with van der Waals surface area (Å²) in [4.78, 5) is 11.8. The van der Waals surface area contributed by atoms with Crippen molar-refractivity contribution in [2.24, 2.45) is 0 Å². The molecular weight excluding hydrogens is 251 g/mol. The third-order valence-corrected chi connectivity index (χ3v) is 3.45. The van der Waals surface area contributed by atoms with E-state index >= 15 is 0 Å². The molecular formula is C14H13FO2S. The van der Waals surface area contributed by atoms with Gasteiger partial charge in [-0.1, -0.05) is 0 Å². The van der Waals surface area contributed by atoms with Crippen molar-refractivity contribution in [1.29, 1.82) is 0 Å². The first kappa shape index (κ1) is 12.9. The number of furan rings is 1. The Kier molecular flexibility index (Phi) is 4.59. The molecule has 94 valence electrons. The van der Waals surface area contributed by atoms with E-state index in [-0.39, 0.29) is 11.6 Å². The Morgan fingerprint density at radius 2 is 2.00 bits per heavy atom. The molecule has 0 N–H and O–H groups in total. The third kappa shape index (κ3) is 3.74. The van der Waals surface area contributed by atoms with E-state index in [1.54, 1.807) is 18.0 Å². The Balaban J connectivity index is 1.73. The van der Waals surface area contributed by atoms with Crippen LogP contribution in [0.15, 0.2) is 47.1 Å². The van der Waals surface area contributed by atoms with Crippen LogP contribution in [-0.4, -0.2) is 11.5 Å². The number of ketones is 1. The molecule has 1 aromatic heterocycles. The van der Waals surface area contributed by atoms with Crippen molar-refractivity contribution in [3.05, 3.63) is 59.8 Å². The SMILES string of the molecule is O=C(CCSCc1ccco1)c1ccc(F)cc1. The van der Waals surface area contributed by atoms with Gasteiger partial charge < -0.3 is 4.42 Å². The Morgan fingerprint density at radius 3 is 2.67 bits per heavy atom. The summed E-state index contributed by atoms with van der Waals surface area (Å²) in [5, 5.41) is 0. The largest absolute Gasteiger partial charge is 0.468 e. The molecule has 0 aliphatic rings. The summed E-state index contributed by atoms with van der Waals surface area (Å²) in [5.41, 5.74) is 0.565. The molecule has 0 saturated carbocycles. The van der Waals surface area contributed by atoms with Crippen LogP contribution in [0.5, 0.6) is 0 Å². The van der Waals surface area contributed by atoms with E-state index in [4.69, 9.17) is 4.42 Å². The fraction of sp³-hybridized carbons (Fsp3) is 0.214. The molecule has 0 saturated heterocycles. The molecule has 0 unspecified atom stereocenters. The molecule has 0 aliphatic heterocycles. The Bertz CT molecular complexity index is 491. The second-order valence-electron chi connectivity index (χ2n) is 3.81. The van der Waals surface area contributed by atoms with Crippen molar-refractivity contribution in [3.63, 3.8) is 0 Å². The molecule has 1 aromatic carbocycles. The van der Waals surface area contributed by atoms with Crippen molar-refractivity contribution in [2.75, 3.05) is 5.75 Å². The van der Waals surface area contributed by atoms with Crippen LogP contribution in [0, 0.1) is 5.82 Å². The first-order valence-corrected chi connectivity index (χ1v) is 6.80. The van der Waals surface area contributed by atoms with Gasteiger partial charge in [0.05, 0.1) is 12.0 Å². The molecule has 2 rings (SSSR count). The second kappa shape index (κ2) is 6.40. The average Bonchev–Trinajstić information content (AvgIpc) is 2.88. The Hall–Kier alpha value is -1.55. The molecule has 0 atom stereocenters. The number of rotatable bonds is 6. The maximum atomic E-state index is 12.7. The van der Waals surface area contributed by atoms with E-state index in [0.29, 0.717) is 12.0 Å². The summed E-state index contributed by atoms with van der Waals surface area (Å²) < 4.78 is 17.9. The molecule has 18 heavy (non-hydrogen) atoms. The van der Waals surface area contributed by atoms with E-state index in [1.807, 2.05) is 12.1 Å². The lowest BCUT2D eigenvalue weighted by atomic mass is 10.1. The van der Waals surface area contributed by atoms with Crippen molar-refractivity contribution >= 4 is 17.5 Å². The smallest absolute Gasteiger partial charge is 0.163 e. The lowest BCUT2D eigenvalue weighted by Crippen LogP contribution is -2.00. The molecule has 0 spiro atoms. The average molecular weight is 264 g/mol. The maximum Gasteiger partial charge on any atom is 0.163 e. The van der Waals surface area contributed by atoms with Gasteiger partial charge in [0.15, 0.2) is 5.78 Å². The van der Waals surface area contributed by atoms with Gasteiger partial charge in [-0.2, -0.15) is 11.8 Å². The van der Waals surface area contributed by atoms with Crippen molar-refractivity contribution in [2.45, 2.75) is 12.2 Å². The summed E-state index contributed by atoms with van der Waals surface area (Å²) in [6, 6.07) is 9.42. The van der Waals surface area contributed by atoms with Crippen LogP contribution >= 0.6 is 11.8 Å². The summed E-state index contributed by atoms with van der Waals surface area (Å²) in [6.07, 6.45) is 2.09. The fourth-order valence-corrected chi connectivity index (χ4v) is 2.35. The second-order valence-corrected chi connectivity index (χ2v) is 4.92. The molecule has 0 bridgehead atoms. The Labute approximate surface area is 109 Å². The highest BCUT2D eigenvalue weighted by atomic mass is 32.2. The highest BCUT2D eigenvalue weighted by molar-refractivity contribution is 7.98. The molecule has 1 heterocycles. The standard InChI is InChI=1S/C14H13FO2S/c15-12-5-3-11(4-6-12)14(16)7-9-18-10-13-2-1-8-17-13/h1-6,8H,7,9-10H2. The van der Waals surface area contributed by atoms with E-state index < -0.39 is 0 Å². The number of hydrogen-bond donors (Lipinski definition) is 0. The topological polar surface area (TPSA) is 30.2 Å². The van der Waals surface area contributed by atoms with Crippen LogP contribution in [-0.2, 0) is 5.75 Å². The highest BCUT2D eigenvalue weighted by Gasteiger charge is 2.06. The molecule has 4 heteroatoms. The van der Waals surface area contributed by atoms with Crippen LogP contribution < -0.4 is 0 Å². The predicted octanol–water partition coefficient (Wildman–Crippen LogP) is 3.92. The van der Waals surface area contributed by atoms with Crippen LogP contribution in [0.2, 0.25) is 0 Å². The van der Waals surface area contributed by atoms with E-state index in [9.17, 15) is 9.18 Å². The zero-order valence-electron chi connectivity index (χ0n) is 9.77. The molecule has 0 radical (unpaired) electrons. The molecule has 0 amide bonds. The molecule has 2 nitrogen and oxygen atoms in total. The van der Waals surface area contributed by atoms with Gasteiger partial charge >= 0.3 is 0 Å². The van der Waals surface area contributed by atoms with Gasteiger partial charge in [0.25, 0.3) is 0 Å². The van der Waals surface area contributed by atoms with Crippen LogP contribution in [0.3, 0.4) is 0 Å². The first-order chi connectivity index (χ1) is 8.75. The minimum absolute atomic E-state index is 0.0435. The summed E-state index contributed by atoms with van der Waals surface area (Å²) >= 11 is 1.65. The van der Waals surface area contributed by atoms with Gasteiger partial charge in [-0.15, -0.1) is 0 Å². The van der Waals surface area contributed by atoms with Crippen molar-refractivity contribution in [3.8, 4) is 0 Å². The summed E-state index contributed by atoms with van der Waals surface area (Å²) in [5.74, 6) is 2.13. The molecule has 2 aromatic rings. The lowest BCUT2D eigenvalue weighted by Gasteiger charge is -2.01. The monoisotopic (exact) mass is 264 g/mol. The van der Waals surface area contributed by atoms with Gasteiger partial charge in [-0.3, -0.25) is 4.79 Å². The number of thioether (sulfide) groups is 1. The van der Waals surface area contributed by atoms with E-state index in [0.717, 1.165) is 17.3 Å². The van der Waals surface area contributed by atoms with Gasteiger partial charge in [0.1, 0.15) is 11.6 Å². The fourth-order valence-electron chi connectivity index (χ4n) is 1.51. The van der Waals surface area contributed by atoms with Gasteiger partial charge in [-0.25, -0.2) is 4.39 Å². The highest BCUT2D eigenvalue weighted by Crippen LogP contribution is 2.15. The number of benzene rings is 1. The predicted molar refractivity (Wildman–Crippen MR) is 70.2 cm³/mol. The number of halogens is 1. The molecule has 0 aliphatic carbocycles. The minimum Gasteiger partial charge on any atom is -0.468 e. The number of carbonyl (C=O) groups is 1. The van der Waals surface area contributed by atoms with Gasteiger partial charge in [0.2, 0.25) is 0 Å². The summed E-state index contributed by atoms with van der Waals surface area (Å²) in [6.45, 7) is 0. The molecule has 0 fully saturated rings. The number of hydrogen-bond acceptors (Lipinski definition) is 3.